The number of amides is 2. The van der Waals surface area contributed by atoms with Gasteiger partial charge in [0.2, 0.25) is 11.8 Å². The predicted molar refractivity (Wildman–Crippen MR) is 89.3 cm³/mol. The van der Waals surface area contributed by atoms with Gasteiger partial charge in [-0.25, -0.2) is 0 Å². The van der Waals surface area contributed by atoms with Crippen LogP contribution in [0.1, 0.15) is 30.9 Å². The summed E-state index contributed by atoms with van der Waals surface area (Å²) in [6, 6.07) is 6.04. The molecule has 1 aliphatic rings. The van der Waals surface area contributed by atoms with Crippen molar-refractivity contribution in [1.82, 2.24) is 10.6 Å². The lowest BCUT2D eigenvalue weighted by Gasteiger charge is -2.09. The fourth-order valence-corrected chi connectivity index (χ4v) is 2.58. The second-order valence-electron chi connectivity index (χ2n) is 6.38. The molecular weight excluding hydrogens is 292 g/mol. The second kappa shape index (κ2) is 7.99. The van der Waals surface area contributed by atoms with E-state index in [4.69, 9.17) is 4.74 Å². The highest BCUT2D eigenvalue weighted by Crippen LogP contribution is 2.37. The van der Waals surface area contributed by atoms with Gasteiger partial charge >= 0.3 is 0 Å². The van der Waals surface area contributed by atoms with E-state index in [9.17, 15) is 9.59 Å². The summed E-state index contributed by atoms with van der Waals surface area (Å²) in [5.41, 5.74) is 2.31. The van der Waals surface area contributed by atoms with Crippen LogP contribution >= 0.6 is 0 Å². The molecule has 0 spiro atoms. The zero-order chi connectivity index (χ0) is 16.8. The van der Waals surface area contributed by atoms with Gasteiger partial charge in [0.25, 0.3) is 0 Å². The van der Waals surface area contributed by atoms with Gasteiger partial charge in [0.05, 0.1) is 6.54 Å². The van der Waals surface area contributed by atoms with Crippen molar-refractivity contribution in [2.24, 2.45) is 11.8 Å². The number of rotatable bonds is 8. The van der Waals surface area contributed by atoms with Crippen LogP contribution in [0.4, 0.5) is 0 Å². The molecule has 2 atom stereocenters. The number of carbonyl (C=O) groups excluding carboxylic acids is 2. The van der Waals surface area contributed by atoms with Crippen LogP contribution in [0.5, 0.6) is 5.75 Å². The van der Waals surface area contributed by atoms with Gasteiger partial charge in [0.15, 0.2) is 0 Å². The Balaban J connectivity index is 1.55. The molecule has 0 radical (unpaired) electrons. The number of hydrogen-bond acceptors (Lipinski definition) is 3. The number of hydrogen-bond donors (Lipinski definition) is 2. The van der Waals surface area contributed by atoms with E-state index in [0.29, 0.717) is 32.0 Å². The third-order valence-corrected chi connectivity index (χ3v) is 3.99. The Bertz CT molecular complexity index is 551. The topological polar surface area (TPSA) is 67.4 Å². The molecule has 1 aromatic carbocycles. The van der Waals surface area contributed by atoms with Crippen LogP contribution < -0.4 is 15.4 Å². The van der Waals surface area contributed by atoms with E-state index in [1.165, 1.54) is 0 Å². The van der Waals surface area contributed by atoms with Crippen molar-refractivity contribution in [3.8, 4) is 5.75 Å². The molecule has 0 saturated heterocycles. The summed E-state index contributed by atoms with van der Waals surface area (Å²) in [4.78, 5) is 23.3. The van der Waals surface area contributed by atoms with Crippen LogP contribution in [0.2, 0.25) is 0 Å². The van der Waals surface area contributed by atoms with Crippen molar-refractivity contribution in [3.63, 3.8) is 0 Å². The zero-order valence-corrected chi connectivity index (χ0v) is 14.1. The maximum atomic E-state index is 11.7. The van der Waals surface area contributed by atoms with Gasteiger partial charge in [-0.1, -0.05) is 13.0 Å². The van der Waals surface area contributed by atoms with Gasteiger partial charge in [0, 0.05) is 18.9 Å². The molecule has 0 aliphatic heterocycles. The van der Waals surface area contributed by atoms with Gasteiger partial charge in [-0.05, 0) is 49.4 Å². The third kappa shape index (κ3) is 5.93. The average molecular weight is 318 g/mol. The largest absolute Gasteiger partial charge is 0.492 e. The molecule has 1 aliphatic carbocycles. The number of nitrogens with one attached hydrogen (secondary N) is 2. The Labute approximate surface area is 137 Å². The summed E-state index contributed by atoms with van der Waals surface area (Å²) in [6.45, 7) is 7.40. The van der Waals surface area contributed by atoms with Crippen LogP contribution in [0.15, 0.2) is 18.2 Å². The number of benzene rings is 1. The summed E-state index contributed by atoms with van der Waals surface area (Å²) in [6.07, 6.45) is 1.27. The van der Waals surface area contributed by atoms with Crippen molar-refractivity contribution < 1.29 is 14.3 Å². The van der Waals surface area contributed by atoms with Crippen LogP contribution in [0.3, 0.4) is 0 Å². The molecule has 2 N–H and O–H groups in total. The Morgan fingerprint density at radius 1 is 1.13 bits per heavy atom. The van der Waals surface area contributed by atoms with Gasteiger partial charge < -0.3 is 15.4 Å². The SMILES string of the molecule is Cc1cc(C)cc(OCCNC(=O)CCNC(=O)C2CC2C)c1. The third-order valence-electron chi connectivity index (χ3n) is 3.99. The van der Waals surface area contributed by atoms with Crippen LogP contribution in [-0.2, 0) is 9.59 Å². The molecule has 0 bridgehead atoms. The lowest BCUT2D eigenvalue weighted by atomic mass is 10.1. The van der Waals surface area contributed by atoms with Gasteiger partial charge in [0.1, 0.15) is 12.4 Å². The Hall–Kier alpha value is -2.04. The molecule has 1 saturated carbocycles. The predicted octanol–water partition coefficient (Wildman–Crippen LogP) is 1.96. The normalized spacial score (nSPS) is 19.1. The summed E-state index contributed by atoms with van der Waals surface area (Å²) in [5, 5.41) is 5.60. The quantitative estimate of drug-likeness (QED) is 0.720. The molecular formula is C18H26N2O3. The highest BCUT2D eigenvalue weighted by molar-refractivity contribution is 5.82. The van der Waals surface area contributed by atoms with E-state index in [1.807, 2.05) is 26.0 Å². The van der Waals surface area contributed by atoms with Crippen LogP contribution in [0, 0.1) is 25.7 Å². The molecule has 2 rings (SSSR count). The van der Waals surface area contributed by atoms with E-state index in [-0.39, 0.29) is 17.7 Å². The monoisotopic (exact) mass is 318 g/mol. The maximum Gasteiger partial charge on any atom is 0.223 e. The van der Waals surface area contributed by atoms with E-state index >= 15 is 0 Å². The molecule has 1 aromatic rings. The first kappa shape index (κ1) is 17.3. The first-order chi connectivity index (χ1) is 11.0. The minimum Gasteiger partial charge on any atom is -0.492 e. The fraction of sp³-hybridized carbons (Fsp3) is 0.556. The smallest absolute Gasteiger partial charge is 0.223 e. The van der Waals surface area contributed by atoms with E-state index in [1.54, 1.807) is 0 Å². The molecule has 0 aromatic heterocycles. The van der Waals surface area contributed by atoms with Crippen molar-refractivity contribution in [3.05, 3.63) is 29.3 Å². The Kier molecular flexibility index (Phi) is 6.02. The summed E-state index contributed by atoms with van der Waals surface area (Å²) in [7, 11) is 0. The highest BCUT2D eigenvalue weighted by Gasteiger charge is 2.38. The molecule has 2 unspecified atom stereocenters. The molecule has 0 heterocycles. The van der Waals surface area contributed by atoms with Gasteiger partial charge in [-0.2, -0.15) is 0 Å². The molecule has 126 valence electrons. The molecule has 5 nitrogen and oxygen atoms in total. The van der Waals surface area contributed by atoms with Crippen molar-refractivity contribution >= 4 is 11.8 Å². The summed E-state index contributed by atoms with van der Waals surface area (Å²) >= 11 is 0. The highest BCUT2D eigenvalue weighted by atomic mass is 16.5. The average Bonchev–Trinajstić information content (AvgIpc) is 3.20. The molecule has 5 heteroatoms. The molecule has 2 amide bonds. The fourth-order valence-electron chi connectivity index (χ4n) is 2.58. The van der Waals surface area contributed by atoms with Crippen LogP contribution in [-0.4, -0.2) is 31.5 Å². The van der Waals surface area contributed by atoms with E-state index < -0.39 is 0 Å². The van der Waals surface area contributed by atoms with Crippen molar-refractivity contribution in [2.75, 3.05) is 19.7 Å². The van der Waals surface area contributed by atoms with Crippen LogP contribution in [0.25, 0.3) is 0 Å². The van der Waals surface area contributed by atoms with Gasteiger partial charge in [-0.15, -0.1) is 0 Å². The maximum absolute atomic E-state index is 11.7. The van der Waals surface area contributed by atoms with Crippen molar-refractivity contribution in [2.45, 2.75) is 33.6 Å². The Morgan fingerprint density at radius 2 is 1.78 bits per heavy atom. The molecule has 1 fully saturated rings. The first-order valence-electron chi connectivity index (χ1n) is 8.21. The van der Waals surface area contributed by atoms with Gasteiger partial charge in [-0.3, -0.25) is 9.59 Å². The summed E-state index contributed by atoms with van der Waals surface area (Å²) in [5.74, 6) is 1.47. The number of aryl methyl sites for hydroxylation is 2. The van der Waals surface area contributed by atoms with E-state index in [0.717, 1.165) is 23.3 Å². The van der Waals surface area contributed by atoms with Crippen molar-refractivity contribution in [1.29, 1.82) is 0 Å². The van der Waals surface area contributed by atoms with E-state index in [2.05, 4.69) is 23.6 Å². The lowest BCUT2D eigenvalue weighted by Crippen LogP contribution is -2.33. The number of ether oxygens (including phenoxy) is 1. The molecule has 23 heavy (non-hydrogen) atoms. The zero-order valence-electron chi connectivity index (χ0n) is 14.1. The summed E-state index contributed by atoms with van der Waals surface area (Å²) < 4.78 is 5.63. The number of carbonyl (C=O) groups is 2. The Morgan fingerprint density at radius 3 is 2.39 bits per heavy atom. The minimum atomic E-state index is -0.0711. The lowest BCUT2D eigenvalue weighted by molar-refractivity contribution is -0.123. The minimum absolute atomic E-state index is 0.0711. The first-order valence-corrected chi connectivity index (χ1v) is 8.21. The standard InChI is InChI=1S/C18H26N2O3/c1-12-8-13(2)10-15(9-12)23-7-6-19-17(21)4-5-20-18(22)16-11-14(16)3/h8-10,14,16H,4-7,11H2,1-3H3,(H,19,21)(H,20,22). The second-order valence-corrected chi connectivity index (χ2v) is 6.38.